The average molecular weight is 669 g/mol. The Hall–Kier alpha value is -4.22. The highest BCUT2D eigenvalue weighted by atomic mass is 79.9. The molecular weight excluding hydrogens is 637 g/mol. The number of halogens is 2. The molecule has 8 nitrogen and oxygen atoms in total. The molecule has 0 spiro atoms. The Morgan fingerprint density at radius 1 is 0.907 bits per heavy atom. The summed E-state index contributed by atoms with van der Waals surface area (Å²) >= 11 is 3.45. The Balaban J connectivity index is 1.78. The summed E-state index contributed by atoms with van der Waals surface area (Å²) in [5.74, 6) is -1.13. The Morgan fingerprint density at radius 3 is 2.16 bits per heavy atom. The number of hydrogen-bond acceptors (Lipinski definition) is 5. The highest BCUT2D eigenvalue weighted by Crippen LogP contribution is 2.27. The van der Waals surface area contributed by atoms with Gasteiger partial charge in [0.1, 0.15) is 24.2 Å². The molecule has 2 amide bonds. The minimum absolute atomic E-state index is 0.0308. The molecule has 1 unspecified atom stereocenters. The smallest absolute Gasteiger partial charge is 0.264 e. The minimum Gasteiger partial charge on any atom is -0.497 e. The van der Waals surface area contributed by atoms with Gasteiger partial charge >= 0.3 is 0 Å². The minimum atomic E-state index is -4.31. The zero-order chi connectivity index (χ0) is 31.0. The molecule has 43 heavy (non-hydrogen) atoms. The summed E-state index contributed by atoms with van der Waals surface area (Å²) in [6, 6.07) is 26.2. The Labute approximate surface area is 259 Å². The number of carbonyl (C=O) groups excluding carboxylic acids is 2. The van der Waals surface area contributed by atoms with Crippen molar-refractivity contribution in [3.05, 3.63) is 125 Å². The average Bonchev–Trinajstić information content (AvgIpc) is 3.02. The van der Waals surface area contributed by atoms with Crippen LogP contribution in [0.5, 0.6) is 5.75 Å². The van der Waals surface area contributed by atoms with E-state index in [0.29, 0.717) is 5.75 Å². The van der Waals surface area contributed by atoms with E-state index in [2.05, 4.69) is 21.2 Å². The first kappa shape index (κ1) is 31.7. The van der Waals surface area contributed by atoms with Crippen molar-refractivity contribution >= 4 is 43.5 Å². The third-order valence-electron chi connectivity index (χ3n) is 6.80. The number of benzene rings is 4. The van der Waals surface area contributed by atoms with Crippen LogP contribution in [-0.2, 0) is 32.6 Å². The lowest BCUT2D eigenvalue weighted by molar-refractivity contribution is -0.139. The van der Waals surface area contributed by atoms with Gasteiger partial charge in [-0.25, -0.2) is 12.8 Å². The second kappa shape index (κ2) is 14.3. The number of rotatable bonds is 12. The van der Waals surface area contributed by atoms with E-state index in [1.54, 1.807) is 0 Å². The number of ether oxygens (including phenoxy) is 1. The van der Waals surface area contributed by atoms with E-state index in [9.17, 15) is 22.4 Å². The maximum atomic E-state index is 14.2. The number of nitrogens with zero attached hydrogens (tertiary/aromatic N) is 2. The van der Waals surface area contributed by atoms with Crippen LogP contribution in [0.25, 0.3) is 0 Å². The lowest BCUT2D eigenvalue weighted by atomic mass is 10.0. The topological polar surface area (TPSA) is 96.0 Å². The zero-order valence-corrected chi connectivity index (χ0v) is 26.0. The van der Waals surface area contributed by atoms with Crippen molar-refractivity contribution in [1.82, 2.24) is 10.2 Å². The molecule has 11 heteroatoms. The Morgan fingerprint density at radius 2 is 1.56 bits per heavy atom. The predicted molar refractivity (Wildman–Crippen MR) is 167 cm³/mol. The van der Waals surface area contributed by atoms with Crippen molar-refractivity contribution in [3.8, 4) is 5.75 Å². The summed E-state index contributed by atoms with van der Waals surface area (Å²) in [4.78, 5) is 28.8. The van der Waals surface area contributed by atoms with E-state index < -0.39 is 40.2 Å². The molecule has 0 aromatic heterocycles. The van der Waals surface area contributed by atoms with Gasteiger partial charge in [-0.3, -0.25) is 13.9 Å². The molecular formula is C32H31BrFN3O5S. The number of sulfonamides is 1. The van der Waals surface area contributed by atoms with Gasteiger partial charge in [-0.1, -0.05) is 58.4 Å². The molecule has 0 fully saturated rings. The summed E-state index contributed by atoms with van der Waals surface area (Å²) in [7, 11) is -1.36. The van der Waals surface area contributed by atoms with E-state index in [4.69, 9.17) is 4.74 Å². The van der Waals surface area contributed by atoms with Crippen LogP contribution < -0.4 is 14.4 Å². The molecule has 0 saturated carbocycles. The summed E-state index contributed by atoms with van der Waals surface area (Å²) in [5.41, 5.74) is 1.65. The van der Waals surface area contributed by atoms with Crippen molar-refractivity contribution in [2.24, 2.45) is 0 Å². The largest absolute Gasteiger partial charge is 0.497 e. The number of nitrogens with one attached hydrogen (secondary N) is 1. The van der Waals surface area contributed by atoms with Crippen LogP contribution in [0, 0.1) is 5.82 Å². The van der Waals surface area contributed by atoms with Gasteiger partial charge in [0.2, 0.25) is 11.8 Å². The fraction of sp³-hybridized carbons (Fsp3) is 0.188. The molecule has 4 aromatic rings. The van der Waals surface area contributed by atoms with Crippen molar-refractivity contribution < 1.29 is 27.1 Å². The standard InChI is InChI=1S/C32H31BrFN3O5S/c1-35-32(39)30(20-23-7-4-3-5-8-23)36(21-24-9-6-10-25(33)19-24)31(38)22-37(27-13-11-26(34)12-14-27)43(40,41)29-17-15-28(42-2)16-18-29/h3-19,30H,20-22H2,1-2H3,(H,35,39). The second-order valence-corrected chi connectivity index (χ2v) is 12.4. The Kier molecular flexibility index (Phi) is 10.5. The summed E-state index contributed by atoms with van der Waals surface area (Å²) in [6.07, 6.45) is 0.196. The van der Waals surface area contributed by atoms with Crippen LogP contribution in [-0.4, -0.2) is 51.9 Å². The molecule has 0 radical (unpaired) electrons. The number of hydrogen-bond donors (Lipinski definition) is 1. The van der Waals surface area contributed by atoms with Gasteiger partial charge in [-0.2, -0.15) is 0 Å². The SMILES string of the molecule is CNC(=O)C(Cc1ccccc1)N(Cc1cccc(Br)c1)C(=O)CN(c1ccc(F)cc1)S(=O)(=O)c1ccc(OC)cc1. The van der Waals surface area contributed by atoms with Gasteiger partial charge in [0.15, 0.2) is 0 Å². The number of amides is 2. The van der Waals surface area contributed by atoms with Gasteiger partial charge in [0, 0.05) is 24.5 Å². The third kappa shape index (κ3) is 7.99. The number of anilines is 1. The predicted octanol–water partition coefficient (Wildman–Crippen LogP) is 5.18. The molecule has 4 rings (SSSR count). The molecule has 0 aliphatic carbocycles. The molecule has 0 aliphatic rings. The maximum absolute atomic E-state index is 14.2. The number of methoxy groups -OCH3 is 1. The second-order valence-electron chi connectivity index (χ2n) is 9.63. The maximum Gasteiger partial charge on any atom is 0.264 e. The van der Waals surface area contributed by atoms with E-state index in [0.717, 1.165) is 32.0 Å². The van der Waals surface area contributed by atoms with Crippen molar-refractivity contribution in [2.45, 2.75) is 23.9 Å². The quantitative estimate of drug-likeness (QED) is 0.225. The highest BCUT2D eigenvalue weighted by molar-refractivity contribution is 9.10. The molecule has 224 valence electrons. The van der Waals surface area contributed by atoms with Gasteiger partial charge in [-0.05, 0) is 71.8 Å². The van der Waals surface area contributed by atoms with Crippen molar-refractivity contribution in [3.63, 3.8) is 0 Å². The lowest BCUT2D eigenvalue weighted by Crippen LogP contribution is -2.53. The Bertz CT molecular complexity index is 1650. The number of likely N-dealkylation sites (N-methyl/N-ethyl adjacent to an activating group) is 1. The van der Waals surface area contributed by atoms with Gasteiger partial charge in [-0.15, -0.1) is 0 Å². The van der Waals surface area contributed by atoms with Crippen LogP contribution in [0.15, 0.2) is 112 Å². The third-order valence-corrected chi connectivity index (χ3v) is 9.08. The van der Waals surface area contributed by atoms with Crippen LogP contribution in [0.2, 0.25) is 0 Å². The van der Waals surface area contributed by atoms with Gasteiger partial charge in [0.05, 0.1) is 17.7 Å². The molecule has 0 saturated heterocycles. The summed E-state index contributed by atoms with van der Waals surface area (Å²) < 4.78 is 48.6. The first-order chi connectivity index (χ1) is 20.6. The van der Waals surface area contributed by atoms with Crippen molar-refractivity contribution in [1.29, 1.82) is 0 Å². The van der Waals surface area contributed by atoms with Crippen LogP contribution in [0.4, 0.5) is 10.1 Å². The molecule has 0 heterocycles. The van der Waals surface area contributed by atoms with E-state index in [1.807, 2.05) is 54.6 Å². The molecule has 0 aliphatic heterocycles. The van der Waals surface area contributed by atoms with E-state index in [-0.39, 0.29) is 23.5 Å². The van der Waals surface area contributed by atoms with Crippen LogP contribution >= 0.6 is 15.9 Å². The highest BCUT2D eigenvalue weighted by Gasteiger charge is 2.34. The number of carbonyl (C=O) groups is 2. The van der Waals surface area contributed by atoms with Crippen LogP contribution in [0.3, 0.4) is 0 Å². The monoisotopic (exact) mass is 667 g/mol. The summed E-state index contributed by atoms with van der Waals surface area (Å²) in [5, 5.41) is 2.65. The van der Waals surface area contributed by atoms with E-state index >= 15 is 0 Å². The van der Waals surface area contributed by atoms with Crippen molar-refractivity contribution in [2.75, 3.05) is 25.0 Å². The molecule has 4 aromatic carbocycles. The van der Waals surface area contributed by atoms with Crippen LogP contribution in [0.1, 0.15) is 11.1 Å². The van der Waals surface area contributed by atoms with Gasteiger partial charge in [0.25, 0.3) is 10.0 Å². The van der Waals surface area contributed by atoms with Gasteiger partial charge < -0.3 is 15.0 Å². The van der Waals surface area contributed by atoms with E-state index in [1.165, 1.54) is 55.5 Å². The molecule has 1 N–H and O–H groups in total. The lowest BCUT2D eigenvalue weighted by Gasteiger charge is -2.33. The zero-order valence-electron chi connectivity index (χ0n) is 23.6. The molecule has 1 atom stereocenters. The fourth-order valence-corrected chi connectivity index (χ4v) is 6.42. The summed E-state index contributed by atoms with van der Waals surface area (Å²) in [6.45, 7) is -0.612. The first-order valence-electron chi connectivity index (χ1n) is 13.3. The first-order valence-corrected chi connectivity index (χ1v) is 15.6. The normalized spacial score (nSPS) is 11.8. The molecule has 0 bridgehead atoms. The fourth-order valence-electron chi connectivity index (χ4n) is 4.56.